The molecular formula is C13H22N2O2. The molecule has 0 radical (unpaired) electrons. The summed E-state index contributed by atoms with van der Waals surface area (Å²) >= 11 is 0. The SMILES string of the molecule is CC(C)CCOc1ccc(N)c(OC(C)C)n1. The van der Waals surface area contributed by atoms with Gasteiger partial charge in [0.25, 0.3) is 0 Å². The van der Waals surface area contributed by atoms with E-state index in [-0.39, 0.29) is 6.10 Å². The molecule has 2 N–H and O–H groups in total. The Balaban J connectivity index is 2.61. The fraction of sp³-hybridized carbons (Fsp3) is 0.615. The Hall–Kier alpha value is -1.45. The van der Waals surface area contributed by atoms with Crippen molar-refractivity contribution < 1.29 is 9.47 Å². The molecule has 0 unspecified atom stereocenters. The second-order valence-corrected chi connectivity index (χ2v) is 4.74. The zero-order valence-corrected chi connectivity index (χ0v) is 11.1. The van der Waals surface area contributed by atoms with Crippen LogP contribution in [0, 0.1) is 5.92 Å². The lowest BCUT2D eigenvalue weighted by atomic mass is 10.1. The van der Waals surface area contributed by atoms with E-state index in [0.29, 0.717) is 30.0 Å². The molecular weight excluding hydrogens is 216 g/mol. The highest BCUT2D eigenvalue weighted by atomic mass is 16.5. The van der Waals surface area contributed by atoms with Crippen LogP contribution in [-0.2, 0) is 0 Å². The third-order valence-corrected chi connectivity index (χ3v) is 2.16. The molecule has 0 fully saturated rings. The molecule has 96 valence electrons. The second-order valence-electron chi connectivity index (χ2n) is 4.74. The number of hydrogen-bond donors (Lipinski definition) is 1. The molecule has 0 spiro atoms. The van der Waals surface area contributed by atoms with Crippen molar-refractivity contribution in [1.82, 2.24) is 4.98 Å². The fourth-order valence-electron chi connectivity index (χ4n) is 1.23. The van der Waals surface area contributed by atoms with Crippen LogP contribution in [0.25, 0.3) is 0 Å². The van der Waals surface area contributed by atoms with E-state index in [9.17, 15) is 0 Å². The third-order valence-electron chi connectivity index (χ3n) is 2.16. The van der Waals surface area contributed by atoms with E-state index in [1.54, 1.807) is 12.1 Å². The van der Waals surface area contributed by atoms with Crippen molar-refractivity contribution in [3.63, 3.8) is 0 Å². The van der Waals surface area contributed by atoms with Gasteiger partial charge in [-0.2, -0.15) is 4.98 Å². The summed E-state index contributed by atoms with van der Waals surface area (Å²) in [5.74, 6) is 1.63. The predicted molar refractivity (Wildman–Crippen MR) is 69.4 cm³/mol. The molecule has 1 heterocycles. The lowest BCUT2D eigenvalue weighted by Gasteiger charge is -2.13. The van der Waals surface area contributed by atoms with Crippen molar-refractivity contribution >= 4 is 5.69 Å². The monoisotopic (exact) mass is 238 g/mol. The average Bonchev–Trinajstić information content (AvgIpc) is 2.21. The number of rotatable bonds is 6. The van der Waals surface area contributed by atoms with Crippen LogP contribution in [0.5, 0.6) is 11.8 Å². The Morgan fingerprint density at radius 2 is 1.94 bits per heavy atom. The van der Waals surface area contributed by atoms with E-state index >= 15 is 0 Å². The number of ether oxygens (including phenoxy) is 2. The fourth-order valence-corrected chi connectivity index (χ4v) is 1.23. The Morgan fingerprint density at radius 1 is 1.24 bits per heavy atom. The molecule has 4 heteroatoms. The number of pyridine rings is 1. The summed E-state index contributed by atoms with van der Waals surface area (Å²) in [4.78, 5) is 4.24. The van der Waals surface area contributed by atoms with E-state index in [1.807, 2.05) is 13.8 Å². The van der Waals surface area contributed by atoms with Gasteiger partial charge in [0.05, 0.1) is 18.4 Å². The first-order valence-corrected chi connectivity index (χ1v) is 6.05. The lowest BCUT2D eigenvalue weighted by molar-refractivity contribution is 0.226. The van der Waals surface area contributed by atoms with Crippen LogP contribution >= 0.6 is 0 Å². The number of nitrogens with two attached hydrogens (primary N) is 1. The number of nitrogen functional groups attached to an aromatic ring is 1. The Labute approximate surface area is 103 Å². The summed E-state index contributed by atoms with van der Waals surface area (Å²) in [6.07, 6.45) is 1.06. The summed E-state index contributed by atoms with van der Waals surface area (Å²) < 4.78 is 11.0. The van der Waals surface area contributed by atoms with Crippen molar-refractivity contribution in [2.75, 3.05) is 12.3 Å². The number of anilines is 1. The summed E-state index contributed by atoms with van der Waals surface area (Å²) in [5.41, 5.74) is 6.31. The van der Waals surface area contributed by atoms with Gasteiger partial charge in [0.1, 0.15) is 0 Å². The molecule has 0 bridgehead atoms. The molecule has 1 aromatic rings. The number of nitrogens with zero attached hydrogens (tertiary/aromatic N) is 1. The van der Waals surface area contributed by atoms with E-state index < -0.39 is 0 Å². The minimum atomic E-state index is 0.0516. The highest BCUT2D eigenvalue weighted by molar-refractivity contribution is 5.49. The van der Waals surface area contributed by atoms with Gasteiger partial charge in [0, 0.05) is 6.07 Å². The zero-order valence-electron chi connectivity index (χ0n) is 11.1. The van der Waals surface area contributed by atoms with Crippen LogP contribution < -0.4 is 15.2 Å². The molecule has 0 amide bonds. The minimum Gasteiger partial charge on any atom is -0.478 e. The highest BCUT2D eigenvalue weighted by Gasteiger charge is 2.07. The summed E-state index contributed by atoms with van der Waals surface area (Å²) in [6, 6.07) is 3.53. The first-order chi connectivity index (χ1) is 7.99. The molecule has 4 nitrogen and oxygen atoms in total. The summed E-state index contributed by atoms with van der Waals surface area (Å²) in [5, 5.41) is 0. The minimum absolute atomic E-state index is 0.0516. The van der Waals surface area contributed by atoms with Gasteiger partial charge in [-0.05, 0) is 32.3 Å². The molecule has 1 rings (SSSR count). The van der Waals surface area contributed by atoms with Crippen molar-refractivity contribution in [1.29, 1.82) is 0 Å². The average molecular weight is 238 g/mol. The molecule has 0 aliphatic heterocycles. The van der Waals surface area contributed by atoms with Gasteiger partial charge in [-0.3, -0.25) is 0 Å². The molecule has 17 heavy (non-hydrogen) atoms. The van der Waals surface area contributed by atoms with Gasteiger partial charge in [0.2, 0.25) is 11.8 Å². The summed E-state index contributed by atoms with van der Waals surface area (Å²) in [6.45, 7) is 8.86. The second kappa shape index (κ2) is 6.33. The maximum atomic E-state index is 5.77. The van der Waals surface area contributed by atoms with Crippen LogP contribution in [0.15, 0.2) is 12.1 Å². The van der Waals surface area contributed by atoms with Gasteiger partial charge in [-0.25, -0.2) is 0 Å². The molecule has 0 aliphatic carbocycles. The van der Waals surface area contributed by atoms with Crippen LogP contribution in [0.1, 0.15) is 34.1 Å². The van der Waals surface area contributed by atoms with Crippen LogP contribution in [0.2, 0.25) is 0 Å². The van der Waals surface area contributed by atoms with Crippen LogP contribution in [0.3, 0.4) is 0 Å². The van der Waals surface area contributed by atoms with E-state index in [1.165, 1.54) is 0 Å². The van der Waals surface area contributed by atoms with Crippen LogP contribution in [-0.4, -0.2) is 17.7 Å². The Kier molecular flexibility index (Phi) is 5.07. The Bertz CT molecular complexity index is 351. The first-order valence-electron chi connectivity index (χ1n) is 6.05. The van der Waals surface area contributed by atoms with Gasteiger partial charge in [-0.15, -0.1) is 0 Å². The van der Waals surface area contributed by atoms with Crippen LogP contribution in [0.4, 0.5) is 5.69 Å². The molecule has 0 aliphatic rings. The Morgan fingerprint density at radius 3 is 2.53 bits per heavy atom. The summed E-state index contributed by atoms with van der Waals surface area (Å²) in [7, 11) is 0. The van der Waals surface area contributed by atoms with Crippen molar-refractivity contribution in [3.05, 3.63) is 12.1 Å². The van der Waals surface area contributed by atoms with Crippen molar-refractivity contribution in [3.8, 4) is 11.8 Å². The van der Waals surface area contributed by atoms with E-state index in [0.717, 1.165) is 6.42 Å². The third kappa shape index (κ3) is 4.93. The maximum absolute atomic E-state index is 5.77. The largest absolute Gasteiger partial charge is 0.478 e. The molecule has 0 atom stereocenters. The topological polar surface area (TPSA) is 57.4 Å². The number of aromatic nitrogens is 1. The highest BCUT2D eigenvalue weighted by Crippen LogP contribution is 2.23. The quantitative estimate of drug-likeness (QED) is 0.828. The molecule has 0 aromatic carbocycles. The molecule has 0 saturated heterocycles. The zero-order chi connectivity index (χ0) is 12.8. The van der Waals surface area contributed by atoms with Crippen molar-refractivity contribution in [2.24, 2.45) is 5.92 Å². The lowest BCUT2D eigenvalue weighted by Crippen LogP contribution is -2.10. The van der Waals surface area contributed by atoms with Gasteiger partial charge < -0.3 is 15.2 Å². The predicted octanol–water partition coefficient (Wildman–Crippen LogP) is 2.88. The number of hydrogen-bond acceptors (Lipinski definition) is 4. The standard InChI is InChI=1S/C13H22N2O2/c1-9(2)7-8-16-12-6-5-11(14)13(15-12)17-10(3)4/h5-6,9-10H,7-8,14H2,1-4H3. The van der Waals surface area contributed by atoms with Crippen molar-refractivity contribution in [2.45, 2.75) is 40.2 Å². The van der Waals surface area contributed by atoms with E-state index in [4.69, 9.17) is 15.2 Å². The van der Waals surface area contributed by atoms with Gasteiger partial charge >= 0.3 is 0 Å². The normalized spacial score (nSPS) is 10.9. The van der Waals surface area contributed by atoms with Gasteiger partial charge in [0.15, 0.2) is 0 Å². The molecule has 0 saturated carbocycles. The van der Waals surface area contributed by atoms with Gasteiger partial charge in [-0.1, -0.05) is 13.8 Å². The smallest absolute Gasteiger partial charge is 0.240 e. The molecule has 1 aromatic heterocycles. The first kappa shape index (κ1) is 13.6. The maximum Gasteiger partial charge on any atom is 0.240 e. The van der Waals surface area contributed by atoms with E-state index in [2.05, 4.69) is 18.8 Å².